The Balaban J connectivity index is 0.00000264. The number of likely N-dealkylation sites (N-methyl/N-ethyl adjacent to an activating group) is 1. The predicted molar refractivity (Wildman–Crippen MR) is 99.2 cm³/mol. The van der Waals surface area contributed by atoms with E-state index >= 15 is 0 Å². The molecule has 4 heteroatoms. The van der Waals surface area contributed by atoms with Crippen molar-refractivity contribution in [2.75, 3.05) is 11.9 Å². The van der Waals surface area contributed by atoms with Gasteiger partial charge in [-0.3, -0.25) is 4.79 Å². The summed E-state index contributed by atoms with van der Waals surface area (Å²) in [7, 11) is 1.76. The van der Waals surface area contributed by atoms with Crippen molar-refractivity contribution in [1.82, 2.24) is 0 Å². The smallest absolute Gasteiger partial charge is 0.251 e. The fourth-order valence-corrected chi connectivity index (χ4v) is 2.46. The highest BCUT2D eigenvalue weighted by Crippen LogP contribution is 2.25. The summed E-state index contributed by atoms with van der Waals surface area (Å²) in [6.45, 7) is 6.05. The van der Waals surface area contributed by atoms with Crippen LogP contribution in [-0.4, -0.2) is 13.0 Å². The number of rotatable bonds is 4. The maximum atomic E-state index is 12.8. The molecular formula is C19H25ClN2O. The minimum Gasteiger partial charge on any atom is -0.314 e. The van der Waals surface area contributed by atoms with Crippen LogP contribution < -0.4 is 10.6 Å². The SMILES string of the molecule is CC(C)c1ccc(N(C)C(=O)C(C)(N)c2ccccc2)cc1.Cl. The molecule has 23 heavy (non-hydrogen) atoms. The molecule has 0 aliphatic carbocycles. The van der Waals surface area contributed by atoms with Crippen molar-refractivity contribution in [3.05, 3.63) is 65.7 Å². The van der Waals surface area contributed by atoms with Crippen molar-refractivity contribution in [1.29, 1.82) is 0 Å². The average Bonchev–Trinajstić information content (AvgIpc) is 2.54. The second-order valence-corrected chi connectivity index (χ2v) is 6.18. The largest absolute Gasteiger partial charge is 0.314 e. The van der Waals surface area contributed by atoms with Crippen LogP contribution in [0.2, 0.25) is 0 Å². The summed E-state index contributed by atoms with van der Waals surface area (Å²) in [5.74, 6) is 0.343. The molecule has 2 aromatic rings. The van der Waals surface area contributed by atoms with Crippen molar-refractivity contribution in [2.24, 2.45) is 5.73 Å². The van der Waals surface area contributed by atoms with Crippen molar-refractivity contribution in [3.63, 3.8) is 0 Å². The zero-order valence-corrected chi connectivity index (χ0v) is 14.9. The first-order valence-electron chi connectivity index (χ1n) is 7.56. The third-order valence-corrected chi connectivity index (χ3v) is 4.07. The molecule has 0 saturated carbocycles. The van der Waals surface area contributed by atoms with Gasteiger partial charge in [-0.25, -0.2) is 0 Å². The molecular weight excluding hydrogens is 308 g/mol. The standard InChI is InChI=1S/C19H24N2O.ClH/c1-14(2)15-10-12-17(13-11-15)21(4)18(22)19(3,20)16-8-6-5-7-9-16;/h5-14H,20H2,1-4H3;1H. The molecule has 0 bridgehead atoms. The van der Waals surface area contributed by atoms with Gasteiger partial charge in [0.05, 0.1) is 0 Å². The molecule has 1 amide bonds. The number of hydrogen-bond donors (Lipinski definition) is 1. The van der Waals surface area contributed by atoms with Crippen molar-refractivity contribution < 1.29 is 4.79 Å². The molecule has 0 heterocycles. The third-order valence-electron chi connectivity index (χ3n) is 4.07. The molecule has 0 fully saturated rings. The lowest BCUT2D eigenvalue weighted by Gasteiger charge is -2.30. The van der Waals surface area contributed by atoms with Crippen LogP contribution in [0.5, 0.6) is 0 Å². The zero-order chi connectivity index (χ0) is 16.3. The maximum absolute atomic E-state index is 12.8. The van der Waals surface area contributed by atoms with E-state index in [-0.39, 0.29) is 18.3 Å². The predicted octanol–water partition coefficient (Wildman–Crippen LogP) is 4.07. The molecule has 0 spiro atoms. The Morgan fingerprint density at radius 2 is 1.57 bits per heavy atom. The highest BCUT2D eigenvalue weighted by molar-refractivity contribution is 6.00. The minimum absolute atomic E-state index is 0. The lowest BCUT2D eigenvalue weighted by Crippen LogP contribution is -2.49. The van der Waals surface area contributed by atoms with E-state index in [0.29, 0.717) is 5.92 Å². The van der Waals surface area contributed by atoms with Gasteiger partial charge in [-0.15, -0.1) is 12.4 Å². The summed E-state index contributed by atoms with van der Waals surface area (Å²) in [6.07, 6.45) is 0. The number of halogens is 1. The van der Waals surface area contributed by atoms with Crippen molar-refractivity contribution in [2.45, 2.75) is 32.2 Å². The van der Waals surface area contributed by atoms with E-state index in [4.69, 9.17) is 5.73 Å². The second-order valence-electron chi connectivity index (χ2n) is 6.18. The normalized spacial score (nSPS) is 13.1. The van der Waals surface area contributed by atoms with Gasteiger partial charge >= 0.3 is 0 Å². The van der Waals surface area contributed by atoms with E-state index in [9.17, 15) is 4.79 Å². The molecule has 124 valence electrons. The molecule has 3 nitrogen and oxygen atoms in total. The van der Waals surface area contributed by atoms with Gasteiger partial charge in [0.25, 0.3) is 5.91 Å². The van der Waals surface area contributed by atoms with Gasteiger partial charge < -0.3 is 10.6 Å². The van der Waals surface area contributed by atoms with Crippen LogP contribution in [0.3, 0.4) is 0 Å². The van der Waals surface area contributed by atoms with Gasteiger partial charge in [0.15, 0.2) is 0 Å². The molecule has 2 aromatic carbocycles. The first-order chi connectivity index (χ1) is 10.3. The molecule has 1 unspecified atom stereocenters. The summed E-state index contributed by atoms with van der Waals surface area (Å²) < 4.78 is 0. The number of carbonyl (C=O) groups is 1. The molecule has 0 saturated heterocycles. The lowest BCUT2D eigenvalue weighted by molar-refractivity contribution is -0.123. The van der Waals surface area contributed by atoms with Crippen molar-refractivity contribution in [3.8, 4) is 0 Å². The van der Waals surface area contributed by atoms with E-state index in [1.807, 2.05) is 42.5 Å². The minimum atomic E-state index is -1.05. The first-order valence-corrected chi connectivity index (χ1v) is 7.56. The van der Waals surface area contributed by atoms with Crippen LogP contribution in [-0.2, 0) is 10.3 Å². The lowest BCUT2D eigenvalue weighted by atomic mass is 9.91. The summed E-state index contributed by atoms with van der Waals surface area (Å²) in [5.41, 5.74) is 8.17. The monoisotopic (exact) mass is 332 g/mol. The van der Waals surface area contributed by atoms with Gasteiger partial charge in [0.2, 0.25) is 0 Å². The topological polar surface area (TPSA) is 46.3 Å². The summed E-state index contributed by atoms with van der Waals surface area (Å²) >= 11 is 0. The molecule has 2 N–H and O–H groups in total. The number of carbonyl (C=O) groups excluding carboxylic acids is 1. The highest BCUT2D eigenvalue weighted by atomic mass is 35.5. The van der Waals surface area contributed by atoms with E-state index in [2.05, 4.69) is 26.0 Å². The Labute approximate surface area is 144 Å². The molecule has 0 aromatic heterocycles. The Morgan fingerprint density at radius 1 is 1.04 bits per heavy atom. The van der Waals surface area contributed by atoms with Crippen LogP contribution in [0.1, 0.15) is 37.8 Å². The van der Waals surface area contributed by atoms with Gasteiger partial charge in [0, 0.05) is 12.7 Å². The first kappa shape index (κ1) is 19.2. The zero-order valence-electron chi connectivity index (χ0n) is 14.1. The molecule has 0 aliphatic rings. The Hall–Kier alpha value is -1.84. The molecule has 0 radical (unpaired) electrons. The van der Waals surface area contributed by atoms with Crippen LogP contribution in [0.4, 0.5) is 5.69 Å². The van der Waals surface area contributed by atoms with Crippen LogP contribution in [0, 0.1) is 0 Å². The summed E-state index contributed by atoms with van der Waals surface area (Å²) in [4.78, 5) is 14.4. The Kier molecular flexibility index (Phi) is 6.37. The van der Waals surface area contributed by atoms with Gasteiger partial charge in [-0.1, -0.05) is 56.3 Å². The second kappa shape index (κ2) is 7.62. The highest BCUT2D eigenvalue weighted by Gasteiger charge is 2.33. The van der Waals surface area contributed by atoms with E-state index in [0.717, 1.165) is 11.3 Å². The maximum Gasteiger partial charge on any atom is 0.251 e. The number of anilines is 1. The fraction of sp³-hybridized carbons (Fsp3) is 0.316. The Morgan fingerprint density at radius 3 is 2.04 bits per heavy atom. The van der Waals surface area contributed by atoms with E-state index in [1.165, 1.54) is 5.56 Å². The number of hydrogen-bond acceptors (Lipinski definition) is 2. The quantitative estimate of drug-likeness (QED) is 0.917. The summed E-state index contributed by atoms with van der Waals surface area (Å²) in [6, 6.07) is 17.5. The molecule has 0 aliphatic heterocycles. The molecule has 1 atom stereocenters. The van der Waals surface area contributed by atoms with Crippen LogP contribution in [0.15, 0.2) is 54.6 Å². The van der Waals surface area contributed by atoms with Gasteiger partial charge in [-0.2, -0.15) is 0 Å². The van der Waals surface area contributed by atoms with E-state index in [1.54, 1.807) is 18.9 Å². The molecule has 2 rings (SSSR count). The number of nitrogens with zero attached hydrogens (tertiary/aromatic N) is 1. The van der Waals surface area contributed by atoms with Crippen LogP contribution in [0.25, 0.3) is 0 Å². The van der Waals surface area contributed by atoms with Crippen LogP contribution >= 0.6 is 12.4 Å². The number of benzene rings is 2. The average molecular weight is 333 g/mol. The fourth-order valence-electron chi connectivity index (χ4n) is 2.46. The number of amides is 1. The van der Waals surface area contributed by atoms with Crippen molar-refractivity contribution >= 4 is 24.0 Å². The van der Waals surface area contributed by atoms with Gasteiger partial charge in [0.1, 0.15) is 5.54 Å². The summed E-state index contributed by atoms with van der Waals surface area (Å²) in [5, 5.41) is 0. The van der Waals surface area contributed by atoms with Gasteiger partial charge in [-0.05, 0) is 36.1 Å². The van der Waals surface area contributed by atoms with E-state index < -0.39 is 5.54 Å². The Bertz CT molecular complexity index is 636. The number of nitrogens with two attached hydrogens (primary N) is 1. The third kappa shape index (κ3) is 4.12.